The van der Waals surface area contributed by atoms with Crippen molar-refractivity contribution >= 4 is 16.8 Å². The number of fused-ring (bicyclic) bond motifs is 1. The van der Waals surface area contributed by atoms with E-state index in [1.165, 1.54) is 12.0 Å². The van der Waals surface area contributed by atoms with Crippen molar-refractivity contribution < 1.29 is 18.3 Å². The third-order valence-corrected chi connectivity index (χ3v) is 4.62. The molecule has 2 heterocycles. The zero-order valence-corrected chi connectivity index (χ0v) is 12.0. The van der Waals surface area contributed by atoms with Crippen molar-refractivity contribution in [2.45, 2.75) is 12.3 Å². The van der Waals surface area contributed by atoms with E-state index in [2.05, 4.69) is 4.98 Å². The second-order valence-corrected chi connectivity index (χ2v) is 6.05. The van der Waals surface area contributed by atoms with E-state index < -0.39 is 11.3 Å². The van der Waals surface area contributed by atoms with Crippen LogP contribution in [0, 0.1) is 5.41 Å². The number of hydrogen-bond donors (Lipinski definition) is 0. The molecule has 0 bridgehead atoms. The number of likely N-dealkylation sites (tertiary alicyclic amines) is 1. The zero-order valence-electron chi connectivity index (χ0n) is 12.0. The Hall–Kier alpha value is -2.24. The molecule has 1 saturated heterocycles. The van der Waals surface area contributed by atoms with E-state index in [0.29, 0.717) is 22.3 Å². The van der Waals surface area contributed by atoms with Gasteiger partial charge in [0.05, 0.1) is 23.6 Å². The minimum absolute atomic E-state index is 0.107. The van der Waals surface area contributed by atoms with Gasteiger partial charge in [-0.25, -0.2) is 13.8 Å². The SMILES string of the molecule is COc1cc(C(=O)N2CC3(C2)CC3(F)F)c2ccccc2n1. The molecule has 0 unspecified atom stereocenters. The van der Waals surface area contributed by atoms with Gasteiger partial charge in [0, 0.05) is 31.0 Å². The van der Waals surface area contributed by atoms with Crippen LogP contribution in [0.3, 0.4) is 0 Å². The normalized spacial score (nSPS) is 20.8. The summed E-state index contributed by atoms with van der Waals surface area (Å²) >= 11 is 0. The number of halogens is 2. The van der Waals surface area contributed by atoms with Gasteiger partial charge in [-0.2, -0.15) is 0 Å². The number of para-hydroxylation sites is 1. The lowest BCUT2D eigenvalue weighted by Crippen LogP contribution is -2.54. The maximum Gasteiger partial charge on any atom is 0.258 e. The molecule has 6 heteroatoms. The fourth-order valence-corrected chi connectivity index (χ4v) is 3.15. The van der Waals surface area contributed by atoms with Crippen molar-refractivity contribution in [2.75, 3.05) is 20.2 Å². The Labute approximate surface area is 125 Å². The van der Waals surface area contributed by atoms with Crippen molar-refractivity contribution in [1.82, 2.24) is 9.88 Å². The van der Waals surface area contributed by atoms with Crippen LogP contribution in [0.15, 0.2) is 30.3 Å². The van der Waals surface area contributed by atoms with Crippen LogP contribution in [-0.2, 0) is 0 Å². The average molecular weight is 304 g/mol. The maximum absolute atomic E-state index is 13.3. The highest BCUT2D eigenvalue weighted by atomic mass is 19.3. The first-order valence-corrected chi connectivity index (χ1v) is 7.07. The first-order chi connectivity index (χ1) is 10.5. The Bertz CT molecular complexity index is 785. The molecular weight excluding hydrogens is 290 g/mol. The number of aromatic nitrogens is 1. The Balaban J connectivity index is 1.68. The van der Waals surface area contributed by atoms with Crippen molar-refractivity contribution in [2.24, 2.45) is 5.41 Å². The van der Waals surface area contributed by atoms with E-state index in [4.69, 9.17) is 4.74 Å². The van der Waals surface area contributed by atoms with Gasteiger partial charge in [0.15, 0.2) is 0 Å². The smallest absolute Gasteiger partial charge is 0.258 e. The Morgan fingerprint density at radius 2 is 2.00 bits per heavy atom. The standard InChI is InChI=1S/C16H14F2N2O2/c1-22-13-6-11(10-4-2-3-5-12(10)19-13)14(21)20-8-15(9-20)7-16(15,17)18/h2-6H,7-9H2,1H3. The van der Waals surface area contributed by atoms with Crippen LogP contribution in [0.25, 0.3) is 10.9 Å². The number of methoxy groups -OCH3 is 1. The highest BCUT2D eigenvalue weighted by Crippen LogP contribution is 2.65. The summed E-state index contributed by atoms with van der Waals surface area (Å²) in [5.41, 5.74) is 0.133. The third-order valence-electron chi connectivity index (χ3n) is 4.62. The van der Waals surface area contributed by atoms with Gasteiger partial charge in [-0.1, -0.05) is 18.2 Å². The van der Waals surface area contributed by atoms with Crippen molar-refractivity contribution in [3.63, 3.8) is 0 Å². The van der Waals surface area contributed by atoms with Gasteiger partial charge in [0.25, 0.3) is 11.8 Å². The fraction of sp³-hybridized carbons (Fsp3) is 0.375. The number of alkyl halides is 2. The highest BCUT2D eigenvalue weighted by Gasteiger charge is 2.76. The van der Waals surface area contributed by atoms with Crippen LogP contribution >= 0.6 is 0 Å². The van der Waals surface area contributed by atoms with Gasteiger partial charge in [-0.15, -0.1) is 0 Å². The lowest BCUT2D eigenvalue weighted by atomic mass is 9.94. The van der Waals surface area contributed by atoms with Gasteiger partial charge in [0.2, 0.25) is 5.88 Å². The summed E-state index contributed by atoms with van der Waals surface area (Å²) in [5, 5.41) is 0.705. The van der Waals surface area contributed by atoms with E-state index in [1.54, 1.807) is 18.2 Å². The van der Waals surface area contributed by atoms with Crippen LogP contribution in [-0.4, -0.2) is 41.9 Å². The number of nitrogens with zero attached hydrogens (tertiary/aromatic N) is 2. The second-order valence-electron chi connectivity index (χ2n) is 6.05. The number of rotatable bonds is 2. The van der Waals surface area contributed by atoms with Gasteiger partial charge in [-0.05, 0) is 6.07 Å². The number of amides is 1. The summed E-state index contributed by atoms with van der Waals surface area (Å²) in [4.78, 5) is 18.4. The van der Waals surface area contributed by atoms with Gasteiger partial charge in [-0.3, -0.25) is 4.79 Å². The second kappa shape index (κ2) is 4.15. The van der Waals surface area contributed by atoms with Gasteiger partial charge in [0.1, 0.15) is 0 Å². The topological polar surface area (TPSA) is 42.4 Å². The number of benzene rings is 1. The molecule has 1 aromatic heterocycles. The molecule has 2 aliphatic rings. The highest BCUT2D eigenvalue weighted by molar-refractivity contribution is 6.06. The van der Waals surface area contributed by atoms with Crippen molar-refractivity contribution in [3.05, 3.63) is 35.9 Å². The van der Waals surface area contributed by atoms with E-state index in [1.807, 2.05) is 12.1 Å². The van der Waals surface area contributed by atoms with Crippen LogP contribution in [0.2, 0.25) is 0 Å². The summed E-state index contributed by atoms with van der Waals surface area (Å²) in [5.74, 6) is -2.51. The third kappa shape index (κ3) is 1.73. The van der Waals surface area contributed by atoms with Gasteiger partial charge < -0.3 is 9.64 Å². The molecule has 4 nitrogen and oxygen atoms in total. The predicted molar refractivity (Wildman–Crippen MR) is 76.2 cm³/mol. The monoisotopic (exact) mass is 304 g/mol. The summed E-state index contributed by atoms with van der Waals surface area (Å²) in [6.07, 6.45) is -0.107. The molecule has 0 radical (unpaired) electrons. The number of pyridine rings is 1. The lowest BCUT2D eigenvalue weighted by Gasteiger charge is -2.40. The number of ether oxygens (including phenoxy) is 1. The molecule has 1 aliphatic carbocycles. The lowest BCUT2D eigenvalue weighted by molar-refractivity contribution is -0.0152. The van der Waals surface area contributed by atoms with Crippen LogP contribution in [0.4, 0.5) is 8.78 Å². The summed E-state index contributed by atoms with van der Waals surface area (Å²) in [7, 11) is 1.48. The molecule has 1 saturated carbocycles. The predicted octanol–water partition coefficient (Wildman–Crippen LogP) is 2.72. The quantitative estimate of drug-likeness (QED) is 0.857. The van der Waals surface area contributed by atoms with Crippen molar-refractivity contribution in [1.29, 1.82) is 0 Å². The zero-order chi connectivity index (χ0) is 15.5. The maximum atomic E-state index is 13.3. The molecular formula is C16H14F2N2O2. The fourth-order valence-electron chi connectivity index (χ4n) is 3.15. The number of carbonyl (C=O) groups is 1. The molecule has 114 valence electrons. The molecule has 1 spiro atoms. The van der Waals surface area contributed by atoms with E-state index in [9.17, 15) is 13.6 Å². The molecule has 22 heavy (non-hydrogen) atoms. The molecule has 2 aromatic rings. The first kappa shape index (κ1) is 13.4. The average Bonchev–Trinajstić information content (AvgIpc) is 3.07. The van der Waals surface area contributed by atoms with E-state index in [-0.39, 0.29) is 25.4 Å². The Morgan fingerprint density at radius 3 is 2.64 bits per heavy atom. The number of hydrogen-bond acceptors (Lipinski definition) is 3. The van der Waals surface area contributed by atoms with Gasteiger partial charge >= 0.3 is 0 Å². The summed E-state index contributed by atoms with van der Waals surface area (Å²) in [6.45, 7) is 0.246. The Morgan fingerprint density at radius 1 is 1.32 bits per heavy atom. The minimum atomic E-state index is -2.61. The molecule has 2 fully saturated rings. The van der Waals surface area contributed by atoms with Crippen LogP contribution in [0.1, 0.15) is 16.8 Å². The van der Waals surface area contributed by atoms with E-state index >= 15 is 0 Å². The molecule has 0 N–H and O–H groups in total. The first-order valence-electron chi connectivity index (χ1n) is 7.07. The molecule has 1 aromatic carbocycles. The van der Waals surface area contributed by atoms with Crippen LogP contribution in [0.5, 0.6) is 5.88 Å². The van der Waals surface area contributed by atoms with Crippen LogP contribution < -0.4 is 4.74 Å². The summed E-state index contributed by atoms with van der Waals surface area (Å²) in [6, 6.07) is 8.81. The summed E-state index contributed by atoms with van der Waals surface area (Å²) < 4.78 is 31.7. The minimum Gasteiger partial charge on any atom is -0.481 e. The molecule has 4 rings (SSSR count). The van der Waals surface area contributed by atoms with Crippen molar-refractivity contribution in [3.8, 4) is 5.88 Å². The Kier molecular flexibility index (Phi) is 2.53. The number of carbonyl (C=O) groups excluding carboxylic acids is 1. The largest absolute Gasteiger partial charge is 0.481 e. The molecule has 1 amide bonds. The molecule has 0 atom stereocenters. The molecule has 1 aliphatic heterocycles. The van der Waals surface area contributed by atoms with E-state index in [0.717, 1.165) is 0 Å².